The SMILES string of the molecule is COc1ccc(C(=O)N2CCC(N3C(=O)CNC3=O)C2)cc1. The Kier molecular flexibility index (Phi) is 3.70. The summed E-state index contributed by atoms with van der Waals surface area (Å²) >= 11 is 0. The Balaban J connectivity index is 1.67. The van der Waals surface area contributed by atoms with E-state index in [9.17, 15) is 14.4 Å². The third kappa shape index (κ3) is 2.49. The topological polar surface area (TPSA) is 79.0 Å². The number of benzene rings is 1. The van der Waals surface area contributed by atoms with Crippen molar-refractivity contribution in [1.82, 2.24) is 15.1 Å². The lowest BCUT2D eigenvalue weighted by Gasteiger charge is -2.21. The van der Waals surface area contributed by atoms with Crippen LogP contribution in [0.1, 0.15) is 16.8 Å². The van der Waals surface area contributed by atoms with Gasteiger partial charge in [-0.15, -0.1) is 0 Å². The minimum Gasteiger partial charge on any atom is -0.497 e. The van der Waals surface area contributed by atoms with Crippen LogP contribution >= 0.6 is 0 Å². The summed E-state index contributed by atoms with van der Waals surface area (Å²) in [4.78, 5) is 38.7. The highest BCUT2D eigenvalue weighted by atomic mass is 16.5. The number of likely N-dealkylation sites (tertiary alicyclic amines) is 1. The third-order valence-corrected chi connectivity index (χ3v) is 4.03. The first-order valence-corrected chi connectivity index (χ1v) is 7.13. The molecule has 116 valence electrons. The van der Waals surface area contributed by atoms with Crippen molar-refractivity contribution in [3.63, 3.8) is 0 Å². The molecule has 0 radical (unpaired) electrons. The maximum Gasteiger partial charge on any atom is 0.324 e. The molecule has 7 heteroatoms. The van der Waals surface area contributed by atoms with Gasteiger partial charge in [0.1, 0.15) is 5.75 Å². The largest absolute Gasteiger partial charge is 0.497 e. The number of urea groups is 1. The molecule has 0 aliphatic carbocycles. The smallest absolute Gasteiger partial charge is 0.324 e. The van der Waals surface area contributed by atoms with Gasteiger partial charge in [-0.25, -0.2) is 4.79 Å². The van der Waals surface area contributed by atoms with Crippen LogP contribution < -0.4 is 10.1 Å². The Morgan fingerprint density at radius 1 is 1.27 bits per heavy atom. The minimum absolute atomic E-state index is 0.0434. The number of hydrogen-bond donors (Lipinski definition) is 1. The molecule has 2 saturated heterocycles. The second-order valence-electron chi connectivity index (χ2n) is 5.34. The van der Waals surface area contributed by atoms with E-state index >= 15 is 0 Å². The molecule has 0 spiro atoms. The third-order valence-electron chi connectivity index (χ3n) is 4.03. The van der Waals surface area contributed by atoms with Gasteiger partial charge in [0.05, 0.1) is 19.7 Å². The summed E-state index contributed by atoms with van der Waals surface area (Å²) in [5, 5.41) is 2.50. The maximum atomic E-state index is 12.5. The number of carbonyl (C=O) groups excluding carboxylic acids is 3. The van der Waals surface area contributed by atoms with Crippen LogP contribution in [-0.4, -0.2) is 60.4 Å². The number of nitrogens with zero attached hydrogens (tertiary/aromatic N) is 2. The maximum absolute atomic E-state index is 12.5. The van der Waals surface area contributed by atoms with Crippen molar-refractivity contribution >= 4 is 17.8 Å². The van der Waals surface area contributed by atoms with Crippen LogP contribution in [-0.2, 0) is 4.79 Å². The number of ether oxygens (including phenoxy) is 1. The van der Waals surface area contributed by atoms with Gasteiger partial charge in [0.2, 0.25) is 5.91 Å². The minimum atomic E-state index is -0.367. The zero-order chi connectivity index (χ0) is 15.7. The van der Waals surface area contributed by atoms with Gasteiger partial charge in [-0.2, -0.15) is 0 Å². The van der Waals surface area contributed by atoms with Gasteiger partial charge in [-0.05, 0) is 30.7 Å². The van der Waals surface area contributed by atoms with Crippen LogP contribution in [0.2, 0.25) is 0 Å². The molecule has 2 aliphatic rings. The van der Waals surface area contributed by atoms with E-state index in [0.29, 0.717) is 30.8 Å². The Morgan fingerprint density at radius 2 is 2.00 bits per heavy atom. The van der Waals surface area contributed by atoms with Crippen molar-refractivity contribution in [1.29, 1.82) is 0 Å². The van der Waals surface area contributed by atoms with Gasteiger partial charge in [-0.3, -0.25) is 14.5 Å². The first-order chi connectivity index (χ1) is 10.6. The van der Waals surface area contributed by atoms with Crippen molar-refractivity contribution in [2.24, 2.45) is 0 Å². The molecule has 4 amide bonds. The average molecular weight is 303 g/mol. The van der Waals surface area contributed by atoms with E-state index in [2.05, 4.69) is 5.32 Å². The molecule has 2 heterocycles. The molecule has 1 aromatic rings. The molecule has 2 fully saturated rings. The summed E-state index contributed by atoms with van der Waals surface area (Å²) < 4.78 is 5.07. The quantitative estimate of drug-likeness (QED) is 0.823. The fourth-order valence-corrected chi connectivity index (χ4v) is 2.86. The number of imide groups is 1. The van der Waals surface area contributed by atoms with Crippen molar-refractivity contribution < 1.29 is 19.1 Å². The van der Waals surface area contributed by atoms with Crippen molar-refractivity contribution in [3.05, 3.63) is 29.8 Å². The molecular formula is C15H17N3O4. The zero-order valence-corrected chi connectivity index (χ0v) is 12.2. The van der Waals surface area contributed by atoms with E-state index in [-0.39, 0.29) is 30.4 Å². The Morgan fingerprint density at radius 3 is 2.59 bits per heavy atom. The lowest BCUT2D eigenvalue weighted by molar-refractivity contribution is -0.126. The van der Waals surface area contributed by atoms with Gasteiger partial charge >= 0.3 is 6.03 Å². The van der Waals surface area contributed by atoms with Crippen LogP contribution in [0.3, 0.4) is 0 Å². The fourth-order valence-electron chi connectivity index (χ4n) is 2.86. The highest BCUT2D eigenvalue weighted by Gasteiger charge is 2.39. The van der Waals surface area contributed by atoms with Gasteiger partial charge in [0.15, 0.2) is 0 Å². The van der Waals surface area contributed by atoms with Gasteiger partial charge in [0, 0.05) is 18.7 Å². The highest BCUT2D eigenvalue weighted by Crippen LogP contribution is 2.21. The predicted octanol–water partition coefficient (Wildman–Crippen LogP) is 0.462. The normalized spacial score (nSPS) is 21.2. The van der Waals surface area contributed by atoms with Crippen LogP contribution in [0.25, 0.3) is 0 Å². The summed E-state index contributed by atoms with van der Waals surface area (Å²) in [5.41, 5.74) is 0.568. The number of methoxy groups -OCH3 is 1. The summed E-state index contributed by atoms with van der Waals surface area (Å²) in [6.45, 7) is 0.957. The molecule has 0 aromatic heterocycles. The Hall–Kier alpha value is -2.57. The van der Waals surface area contributed by atoms with E-state index < -0.39 is 0 Å². The Labute approximate surface area is 127 Å². The van der Waals surface area contributed by atoms with Crippen LogP contribution in [0.15, 0.2) is 24.3 Å². The molecule has 3 rings (SSSR count). The first-order valence-electron chi connectivity index (χ1n) is 7.13. The molecule has 1 atom stereocenters. The molecule has 0 bridgehead atoms. The fraction of sp³-hybridized carbons (Fsp3) is 0.400. The molecule has 1 unspecified atom stereocenters. The molecule has 1 N–H and O–H groups in total. The van der Waals surface area contributed by atoms with Gasteiger partial charge in [0.25, 0.3) is 5.91 Å². The van der Waals surface area contributed by atoms with E-state index in [4.69, 9.17) is 4.74 Å². The van der Waals surface area contributed by atoms with Crippen molar-refractivity contribution in [2.75, 3.05) is 26.7 Å². The summed E-state index contributed by atoms with van der Waals surface area (Å²) in [7, 11) is 1.57. The molecule has 7 nitrogen and oxygen atoms in total. The van der Waals surface area contributed by atoms with E-state index in [1.165, 1.54) is 4.90 Å². The highest BCUT2D eigenvalue weighted by molar-refractivity contribution is 6.02. The average Bonchev–Trinajstić information content (AvgIpc) is 3.13. The first kappa shape index (κ1) is 14.4. The van der Waals surface area contributed by atoms with E-state index in [1.807, 2.05) is 0 Å². The van der Waals surface area contributed by atoms with Crippen LogP contribution in [0, 0.1) is 0 Å². The van der Waals surface area contributed by atoms with E-state index in [1.54, 1.807) is 36.3 Å². The summed E-state index contributed by atoms with van der Waals surface area (Å²) in [6, 6.07) is 6.28. The molecule has 0 saturated carbocycles. The second kappa shape index (κ2) is 5.67. The van der Waals surface area contributed by atoms with Crippen LogP contribution in [0.5, 0.6) is 5.75 Å². The number of carbonyl (C=O) groups is 3. The lowest BCUT2D eigenvalue weighted by Crippen LogP contribution is -2.42. The molecular weight excluding hydrogens is 286 g/mol. The second-order valence-corrected chi connectivity index (χ2v) is 5.34. The molecule has 1 aromatic carbocycles. The summed E-state index contributed by atoms with van der Waals surface area (Å²) in [6.07, 6.45) is 0.612. The lowest BCUT2D eigenvalue weighted by atomic mass is 10.2. The molecule has 22 heavy (non-hydrogen) atoms. The number of rotatable bonds is 3. The van der Waals surface area contributed by atoms with Crippen LogP contribution in [0.4, 0.5) is 4.79 Å². The molecule has 2 aliphatic heterocycles. The standard InChI is InChI=1S/C15H17N3O4/c1-22-12-4-2-10(3-5-12)14(20)17-7-6-11(9-17)18-13(19)8-16-15(18)21/h2-5,11H,6-9H2,1H3,(H,16,21). The van der Waals surface area contributed by atoms with Gasteiger partial charge < -0.3 is 15.0 Å². The summed E-state index contributed by atoms with van der Waals surface area (Å²) in [5.74, 6) is 0.362. The van der Waals surface area contributed by atoms with Crippen molar-refractivity contribution in [3.8, 4) is 5.75 Å². The number of hydrogen-bond acceptors (Lipinski definition) is 4. The zero-order valence-electron chi connectivity index (χ0n) is 12.2. The van der Waals surface area contributed by atoms with Crippen molar-refractivity contribution in [2.45, 2.75) is 12.5 Å². The number of nitrogens with one attached hydrogen (secondary N) is 1. The van der Waals surface area contributed by atoms with Gasteiger partial charge in [-0.1, -0.05) is 0 Å². The van der Waals surface area contributed by atoms with E-state index in [0.717, 1.165) is 0 Å². The predicted molar refractivity (Wildman–Crippen MR) is 77.5 cm³/mol. The Bertz CT molecular complexity index is 598. The number of amides is 4. The monoisotopic (exact) mass is 303 g/mol.